The summed E-state index contributed by atoms with van der Waals surface area (Å²) in [4.78, 5) is 10.6. The van der Waals surface area contributed by atoms with Gasteiger partial charge >= 0.3 is 5.97 Å². The lowest BCUT2D eigenvalue weighted by Crippen LogP contribution is -2.10. The molecule has 0 radical (unpaired) electrons. The van der Waals surface area contributed by atoms with Gasteiger partial charge in [-0.3, -0.25) is 4.79 Å². The van der Waals surface area contributed by atoms with Crippen LogP contribution in [0.2, 0.25) is 0 Å². The van der Waals surface area contributed by atoms with Crippen LogP contribution in [0, 0.1) is 0 Å². The van der Waals surface area contributed by atoms with E-state index in [2.05, 4.69) is 0 Å². The minimum absolute atomic E-state index is 0.128. The van der Waals surface area contributed by atoms with Crippen molar-refractivity contribution in [1.82, 2.24) is 4.57 Å². The smallest absolute Gasteiger partial charge is 0.303 e. The average molecular weight is 247 g/mol. The van der Waals surface area contributed by atoms with Crippen molar-refractivity contribution in [3.63, 3.8) is 0 Å². The Balaban J connectivity index is 2.37. The standard InChI is InChI=1S/C14H17NO3/c1-10(16)8-15-9-11(6-7-14(17)18)12-4-2-3-5-13(12)15/h2-5,9-10,16H,6-8H2,1H3,(H,17,18). The van der Waals surface area contributed by atoms with Gasteiger partial charge in [-0.25, -0.2) is 0 Å². The molecule has 0 aliphatic heterocycles. The minimum atomic E-state index is -0.789. The third-order valence-corrected chi connectivity index (χ3v) is 2.94. The molecular weight excluding hydrogens is 230 g/mol. The van der Waals surface area contributed by atoms with Gasteiger partial charge in [0.05, 0.1) is 6.10 Å². The Kier molecular flexibility index (Phi) is 3.67. The molecular formula is C14H17NO3. The monoisotopic (exact) mass is 247 g/mol. The molecule has 2 rings (SSSR count). The number of carbonyl (C=O) groups is 1. The number of nitrogens with zero attached hydrogens (tertiary/aromatic N) is 1. The molecule has 0 bridgehead atoms. The fourth-order valence-electron chi connectivity index (χ4n) is 2.20. The van der Waals surface area contributed by atoms with E-state index < -0.39 is 12.1 Å². The maximum atomic E-state index is 10.6. The van der Waals surface area contributed by atoms with Crippen LogP contribution < -0.4 is 0 Å². The summed E-state index contributed by atoms with van der Waals surface area (Å²) in [5.74, 6) is -0.789. The molecule has 0 fully saturated rings. The summed E-state index contributed by atoms with van der Waals surface area (Å²) in [6.07, 6.45) is 2.17. The number of carboxylic acid groups (broad SMARTS) is 1. The summed E-state index contributed by atoms with van der Waals surface area (Å²) in [7, 11) is 0. The van der Waals surface area contributed by atoms with Crippen molar-refractivity contribution in [2.45, 2.75) is 32.4 Å². The molecule has 1 aromatic carbocycles. The largest absolute Gasteiger partial charge is 0.481 e. The van der Waals surface area contributed by atoms with Crippen LogP contribution in [-0.2, 0) is 17.8 Å². The predicted octanol–water partition coefficient (Wildman–Crippen LogP) is 2.04. The fourth-order valence-corrected chi connectivity index (χ4v) is 2.20. The number of aliphatic hydroxyl groups is 1. The van der Waals surface area contributed by atoms with E-state index >= 15 is 0 Å². The van der Waals surface area contributed by atoms with E-state index in [1.807, 2.05) is 35.0 Å². The van der Waals surface area contributed by atoms with Crippen molar-refractivity contribution in [2.24, 2.45) is 0 Å². The lowest BCUT2D eigenvalue weighted by atomic mass is 10.1. The lowest BCUT2D eigenvalue weighted by molar-refractivity contribution is -0.136. The molecule has 1 atom stereocenters. The van der Waals surface area contributed by atoms with Gasteiger partial charge in [0, 0.05) is 30.1 Å². The first-order valence-corrected chi connectivity index (χ1v) is 6.04. The molecule has 96 valence electrons. The Bertz CT molecular complexity index is 557. The molecule has 1 aromatic heterocycles. The van der Waals surface area contributed by atoms with Gasteiger partial charge in [0.25, 0.3) is 0 Å². The topological polar surface area (TPSA) is 62.5 Å². The normalized spacial score (nSPS) is 12.8. The molecule has 4 nitrogen and oxygen atoms in total. The second kappa shape index (κ2) is 5.23. The van der Waals surface area contributed by atoms with Gasteiger partial charge in [-0.1, -0.05) is 18.2 Å². The molecule has 0 aliphatic carbocycles. The first-order chi connectivity index (χ1) is 8.58. The van der Waals surface area contributed by atoms with Crippen molar-refractivity contribution in [3.8, 4) is 0 Å². The van der Waals surface area contributed by atoms with Crippen LogP contribution in [0.25, 0.3) is 10.9 Å². The van der Waals surface area contributed by atoms with Crippen LogP contribution in [0.15, 0.2) is 30.5 Å². The number of para-hydroxylation sites is 1. The summed E-state index contributed by atoms with van der Waals surface area (Å²) in [5.41, 5.74) is 2.06. The number of fused-ring (bicyclic) bond motifs is 1. The maximum absolute atomic E-state index is 10.6. The quantitative estimate of drug-likeness (QED) is 0.850. The SMILES string of the molecule is CC(O)Cn1cc(CCC(=O)O)c2ccccc21. The molecule has 4 heteroatoms. The number of hydrogen-bond donors (Lipinski definition) is 2. The second-order valence-electron chi connectivity index (χ2n) is 4.57. The number of carboxylic acids is 1. The van der Waals surface area contributed by atoms with Crippen molar-refractivity contribution < 1.29 is 15.0 Å². The molecule has 2 N–H and O–H groups in total. The third-order valence-electron chi connectivity index (χ3n) is 2.94. The summed E-state index contributed by atoms with van der Waals surface area (Å²) >= 11 is 0. The number of benzene rings is 1. The van der Waals surface area contributed by atoms with Crippen LogP contribution >= 0.6 is 0 Å². The van der Waals surface area contributed by atoms with Crippen LogP contribution in [0.5, 0.6) is 0 Å². The van der Waals surface area contributed by atoms with Crippen LogP contribution in [-0.4, -0.2) is 26.9 Å². The van der Waals surface area contributed by atoms with Gasteiger partial charge in [-0.2, -0.15) is 0 Å². The fraction of sp³-hybridized carbons (Fsp3) is 0.357. The summed E-state index contributed by atoms with van der Waals surface area (Å²) in [6, 6.07) is 7.87. The zero-order valence-corrected chi connectivity index (χ0v) is 10.3. The molecule has 2 aromatic rings. The Labute approximate surface area is 105 Å². The molecule has 0 spiro atoms. The first-order valence-electron chi connectivity index (χ1n) is 6.04. The highest BCUT2D eigenvalue weighted by atomic mass is 16.4. The van der Waals surface area contributed by atoms with E-state index in [9.17, 15) is 9.90 Å². The zero-order valence-electron chi connectivity index (χ0n) is 10.3. The lowest BCUT2D eigenvalue weighted by Gasteiger charge is -2.06. The third kappa shape index (κ3) is 2.71. The Morgan fingerprint density at radius 2 is 2.11 bits per heavy atom. The van der Waals surface area contributed by atoms with E-state index in [4.69, 9.17) is 5.11 Å². The molecule has 0 amide bonds. The number of aliphatic hydroxyl groups excluding tert-OH is 1. The van der Waals surface area contributed by atoms with Crippen molar-refractivity contribution in [1.29, 1.82) is 0 Å². The minimum Gasteiger partial charge on any atom is -0.481 e. The molecule has 1 heterocycles. The Morgan fingerprint density at radius 1 is 1.39 bits per heavy atom. The number of hydrogen-bond acceptors (Lipinski definition) is 2. The van der Waals surface area contributed by atoms with Crippen molar-refractivity contribution in [2.75, 3.05) is 0 Å². The number of aryl methyl sites for hydroxylation is 1. The molecule has 0 saturated heterocycles. The molecule has 1 unspecified atom stereocenters. The summed E-state index contributed by atoms with van der Waals surface area (Å²) < 4.78 is 1.98. The van der Waals surface area contributed by atoms with Gasteiger partial charge in [0.1, 0.15) is 0 Å². The molecule has 0 aliphatic rings. The highest BCUT2D eigenvalue weighted by Crippen LogP contribution is 2.22. The van der Waals surface area contributed by atoms with E-state index in [-0.39, 0.29) is 6.42 Å². The van der Waals surface area contributed by atoms with Gasteiger partial charge in [-0.15, -0.1) is 0 Å². The Hall–Kier alpha value is -1.81. The van der Waals surface area contributed by atoms with Crippen LogP contribution in [0.3, 0.4) is 0 Å². The number of rotatable bonds is 5. The van der Waals surface area contributed by atoms with E-state index in [0.717, 1.165) is 16.5 Å². The van der Waals surface area contributed by atoms with E-state index in [1.165, 1.54) is 0 Å². The highest BCUT2D eigenvalue weighted by Gasteiger charge is 2.10. The number of aromatic nitrogens is 1. The van der Waals surface area contributed by atoms with E-state index in [0.29, 0.717) is 13.0 Å². The first kappa shape index (κ1) is 12.6. The van der Waals surface area contributed by atoms with Crippen molar-refractivity contribution in [3.05, 3.63) is 36.0 Å². The zero-order chi connectivity index (χ0) is 13.1. The van der Waals surface area contributed by atoms with Crippen LogP contribution in [0.4, 0.5) is 0 Å². The second-order valence-corrected chi connectivity index (χ2v) is 4.57. The van der Waals surface area contributed by atoms with E-state index in [1.54, 1.807) is 6.92 Å². The summed E-state index contributed by atoms with van der Waals surface area (Å²) in [6.45, 7) is 2.26. The number of aliphatic carboxylic acids is 1. The maximum Gasteiger partial charge on any atom is 0.303 e. The van der Waals surface area contributed by atoms with Crippen molar-refractivity contribution >= 4 is 16.9 Å². The van der Waals surface area contributed by atoms with Crippen LogP contribution in [0.1, 0.15) is 18.9 Å². The van der Waals surface area contributed by atoms with Gasteiger partial charge < -0.3 is 14.8 Å². The highest BCUT2D eigenvalue weighted by molar-refractivity contribution is 5.84. The van der Waals surface area contributed by atoms with Gasteiger partial charge in [-0.05, 0) is 25.0 Å². The predicted molar refractivity (Wildman–Crippen MR) is 69.6 cm³/mol. The molecule has 0 saturated carbocycles. The summed E-state index contributed by atoms with van der Waals surface area (Å²) in [5, 5.41) is 19.3. The molecule has 18 heavy (non-hydrogen) atoms. The average Bonchev–Trinajstić information content (AvgIpc) is 2.65. The Morgan fingerprint density at radius 3 is 2.78 bits per heavy atom. The van der Waals surface area contributed by atoms with Gasteiger partial charge in [0.15, 0.2) is 0 Å². The van der Waals surface area contributed by atoms with Gasteiger partial charge in [0.2, 0.25) is 0 Å².